The zero-order valence-electron chi connectivity index (χ0n) is 38.3. The van der Waals surface area contributed by atoms with Crippen molar-refractivity contribution in [3.63, 3.8) is 0 Å². The van der Waals surface area contributed by atoms with Gasteiger partial charge in [0.25, 0.3) is 0 Å². The number of hydrogen-bond donors (Lipinski definition) is 0. The molecule has 0 heterocycles. The lowest BCUT2D eigenvalue weighted by molar-refractivity contribution is -0.167. The van der Waals surface area contributed by atoms with Crippen molar-refractivity contribution in [2.45, 2.75) is 252 Å². The molecule has 0 rings (SSSR count). The molecule has 1 atom stereocenters. The minimum absolute atomic E-state index is 0.0804. The van der Waals surface area contributed by atoms with E-state index in [-0.39, 0.29) is 31.1 Å². The van der Waals surface area contributed by atoms with Crippen LogP contribution in [0.4, 0.5) is 0 Å². The SMILES string of the molecule is CC/C=C\C/C=C\C/C=C\CCCCCCCC(=O)OC(COC(=O)CCCCCCCC)COC(=O)CCCCCCCCCCC/C=C\CCCCCCCC. The molecule has 6 nitrogen and oxygen atoms in total. The van der Waals surface area contributed by atoms with Gasteiger partial charge in [-0.3, -0.25) is 14.4 Å². The number of esters is 3. The van der Waals surface area contributed by atoms with Crippen molar-refractivity contribution in [2.75, 3.05) is 13.2 Å². The van der Waals surface area contributed by atoms with E-state index in [1.165, 1.54) is 109 Å². The lowest BCUT2D eigenvalue weighted by Crippen LogP contribution is -2.30. The largest absolute Gasteiger partial charge is 0.462 e. The fourth-order valence-electron chi connectivity index (χ4n) is 6.86. The van der Waals surface area contributed by atoms with E-state index in [0.29, 0.717) is 19.3 Å². The summed E-state index contributed by atoms with van der Waals surface area (Å²) in [6.45, 7) is 6.45. The molecule has 6 heteroatoms. The monoisotopic (exact) mass is 813 g/mol. The van der Waals surface area contributed by atoms with Crippen molar-refractivity contribution in [1.29, 1.82) is 0 Å². The van der Waals surface area contributed by atoms with Gasteiger partial charge in [0.2, 0.25) is 0 Å². The maximum Gasteiger partial charge on any atom is 0.306 e. The Balaban J connectivity index is 4.23. The maximum atomic E-state index is 12.7. The van der Waals surface area contributed by atoms with Crippen LogP contribution in [-0.2, 0) is 28.6 Å². The highest BCUT2D eigenvalue weighted by Crippen LogP contribution is 2.14. The Bertz CT molecular complexity index is 1030. The lowest BCUT2D eigenvalue weighted by atomic mass is 10.1. The highest BCUT2D eigenvalue weighted by Gasteiger charge is 2.19. The lowest BCUT2D eigenvalue weighted by Gasteiger charge is -2.18. The van der Waals surface area contributed by atoms with Crippen LogP contribution in [0.15, 0.2) is 48.6 Å². The first-order chi connectivity index (χ1) is 28.5. The summed E-state index contributed by atoms with van der Waals surface area (Å²) in [5, 5.41) is 0. The molecule has 0 amide bonds. The number of carbonyl (C=O) groups is 3. The van der Waals surface area contributed by atoms with E-state index in [1.807, 2.05) is 0 Å². The molecule has 0 radical (unpaired) electrons. The van der Waals surface area contributed by atoms with Crippen LogP contribution in [0, 0.1) is 0 Å². The Labute approximate surface area is 358 Å². The van der Waals surface area contributed by atoms with Crippen LogP contribution in [0.2, 0.25) is 0 Å². The first-order valence-electron chi connectivity index (χ1n) is 24.6. The molecule has 0 fully saturated rings. The summed E-state index contributed by atoms with van der Waals surface area (Å²) < 4.78 is 16.7. The summed E-state index contributed by atoms with van der Waals surface area (Å²) in [6.07, 6.45) is 55.5. The molecule has 1 unspecified atom stereocenters. The first-order valence-corrected chi connectivity index (χ1v) is 24.6. The van der Waals surface area contributed by atoms with Gasteiger partial charge in [-0.05, 0) is 77.0 Å². The van der Waals surface area contributed by atoms with E-state index in [1.54, 1.807) is 0 Å². The highest BCUT2D eigenvalue weighted by molar-refractivity contribution is 5.71. The molecule has 58 heavy (non-hydrogen) atoms. The first kappa shape index (κ1) is 55.4. The Hall–Kier alpha value is -2.63. The third-order valence-corrected chi connectivity index (χ3v) is 10.6. The minimum atomic E-state index is -0.777. The van der Waals surface area contributed by atoms with E-state index in [2.05, 4.69) is 69.4 Å². The van der Waals surface area contributed by atoms with Crippen molar-refractivity contribution in [3.8, 4) is 0 Å². The fraction of sp³-hybridized carbons (Fsp3) is 0.788. The molecule has 0 saturated heterocycles. The molecule has 0 saturated carbocycles. The zero-order chi connectivity index (χ0) is 42.3. The summed E-state index contributed by atoms with van der Waals surface area (Å²) in [4.78, 5) is 37.7. The number of allylic oxidation sites excluding steroid dienone is 8. The predicted molar refractivity (Wildman–Crippen MR) is 247 cm³/mol. The van der Waals surface area contributed by atoms with Gasteiger partial charge in [-0.1, -0.05) is 198 Å². The maximum absolute atomic E-state index is 12.7. The normalized spacial score (nSPS) is 12.4. The predicted octanol–water partition coefficient (Wildman–Crippen LogP) is 15.9. The van der Waals surface area contributed by atoms with Gasteiger partial charge in [0.15, 0.2) is 6.10 Å². The third kappa shape index (κ3) is 44.5. The van der Waals surface area contributed by atoms with Crippen molar-refractivity contribution in [2.24, 2.45) is 0 Å². The van der Waals surface area contributed by atoms with Crippen LogP contribution >= 0.6 is 0 Å². The van der Waals surface area contributed by atoms with Crippen molar-refractivity contribution in [1.82, 2.24) is 0 Å². The second kappa shape index (κ2) is 47.1. The molecule has 0 aromatic carbocycles. The Kier molecular flexibility index (Phi) is 44.9. The van der Waals surface area contributed by atoms with Gasteiger partial charge in [0.1, 0.15) is 13.2 Å². The van der Waals surface area contributed by atoms with E-state index >= 15 is 0 Å². The number of hydrogen-bond acceptors (Lipinski definition) is 6. The van der Waals surface area contributed by atoms with Gasteiger partial charge in [0, 0.05) is 19.3 Å². The standard InChI is InChI=1S/C52H92O6/c1-4-7-10-13-16-18-20-22-24-25-26-27-29-30-32-34-36-39-42-45-51(54)57-48-49(47-56-50(53)44-41-38-15-12-9-6-3)58-52(55)46-43-40-37-35-33-31-28-23-21-19-17-14-11-8-5-2/h8,11,17,19,22-24,28,49H,4-7,9-10,12-16,18,20-21,25-27,29-48H2,1-3H3/b11-8-,19-17-,24-22-,28-23-. The van der Waals surface area contributed by atoms with Crippen LogP contribution in [0.1, 0.15) is 245 Å². The minimum Gasteiger partial charge on any atom is -0.462 e. The molecule has 0 aliphatic rings. The van der Waals surface area contributed by atoms with Gasteiger partial charge >= 0.3 is 17.9 Å². The van der Waals surface area contributed by atoms with E-state index in [4.69, 9.17) is 14.2 Å². The number of ether oxygens (including phenoxy) is 3. The third-order valence-electron chi connectivity index (χ3n) is 10.6. The summed E-state index contributed by atoms with van der Waals surface area (Å²) in [6, 6.07) is 0. The number of carbonyl (C=O) groups excluding carboxylic acids is 3. The fourth-order valence-corrected chi connectivity index (χ4v) is 6.86. The molecule has 336 valence electrons. The number of rotatable bonds is 44. The molecule has 0 aliphatic carbocycles. The zero-order valence-corrected chi connectivity index (χ0v) is 38.3. The molecule has 0 N–H and O–H groups in total. The van der Waals surface area contributed by atoms with Crippen LogP contribution < -0.4 is 0 Å². The van der Waals surface area contributed by atoms with Crippen molar-refractivity contribution < 1.29 is 28.6 Å². The Morgan fingerprint density at radius 3 is 1.07 bits per heavy atom. The summed E-state index contributed by atoms with van der Waals surface area (Å²) in [5.74, 6) is -0.906. The van der Waals surface area contributed by atoms with Crippen LogP contribution in [0.5, 0.6) is 0 Å². The second-order valence-electron chi connectivity index (χ2n) is 16.3. The summed E-state index contributed by atoms with van der Waals surface area (Å²) >= 11 is 0. The smallest absolute Gasteiger partial charge is 0.306 e. The van der Waals surface area contributed by atoms with Crippen LogP contribution in [0.3, 0.4) is 0 Å². The van der Waals surface area contributed by atoms with Gasteiger partial charge in [0.05, 0.1) is 0 Å². The topological polar surface area (TPSA) is 78.9 Å². The molecular weight excluding hydrogens is 721 g/mol. The molecular formula is C52H92O6. The van der Waals surface area contributed by atoms with Gasteiger partial charge < -0.3 is 14.2 Å². The average Bonchev–Trinajstić information content (AvgIpc) is 3.22. The Morgan fingerprint density at radius 1 is 0.362 bits per heavy atom. The summed E-state index contributed by atoms with van der Waals surface area (Å²) in [7, 11) is 0. The van der Waals surface area contributed by atoms with Crippen molar-refractivity contribution >= 4 is 17.9 Å². The Morgan fingerprint density at radius 2 is 0.672 bits per heavy atom. The molecule has 0 aromatic heterocycles. The van der Waals surface area contributed by atoms with E-state index in [9.17, 15) is 14.4 Å². The molecule has 0 spiro atoms. The molecule has 0 bridgehead atoms. The molecule has 0 aliphatic heterocycles. The van der Waals surface area contributed by atoms with E-state index in [0.717, 1.165) is 96.3 Å². The number of unbranched alkanes of at least 4 members (excludes halogenated alkanes) is 25. The molecule has 0 aromatic rings. The van der Waals surface area contributed by atoms with Crippen molar-refractivity contribution in [3.05, 3.63) is 48.6 Å². The quantitative estimate of drug-likeness (QED) is 0.0264. The van der Waals surface area contributed by atoms with Gasteiger partial charge in [-0.25, -0.2) is 0 Å². The average molecular weight is 813 g/mol. The van der Waals surface area contributed by atoms with Gasteiger partial charge in [-0.15, -0.1) is 0 Å². The highest BCUT2D eigenvalue weighted by atomic mass is 16.6. The van der Waals surface area contributed by atoms with Crippen LogP contribution in [0.25, 0.3) is 0 Å². The van der Waals surface area contributed by atoms with Gasteiger partial charge in [-0.2, -0.15) is 0 Å². The summed E-state index contributed by atoms with van der Waals surface area (Å²) in [5.41, 5.74) is 0. The van der Waals surface area contributed by atoms with Crippen LogP contribution in [-0.4, -0.2) is 37.2 Å². The van der Waals surface area contributed by atoms with E-state index < -0.39 is 6.10 Å². The second-order valence-corrected chi connectivity index (χ2v) is 16.3.